The number of nitrogens with two attached hydrogens (primary N) is 1. The highest BCUT2D eigenvalue weighted by atomic mass is 16.2. The molecular formula is C18H26N2O. The van der Waals surface area contributed by atoms with Gasteiger partial charge >= 0.3 is 0 Å². The van der Waals surface area contributed by atoms with E-state index in [1.807, 2.05) is 0 Å². The van der Waals surface area contributed by atoms with Crippen molar-refractivity contribution in [2.45, 2.75) is 45.1 Å². The predicted octanol–water partition coefficient (Wildman–Crippen LogP) is 2.68. The highest BCUT2D eigenvalue weighted by molar-refractivity contribution is 5.83. The van der Waals surface area contributed by atoms with Crippen LogP contribution in [0.25, 0.3) is 0 Å². The molecular weight excluding hydrogens is 260 g/mol. The van der Waals surface area contributed by atoms with E-state index in [1.165, 1.54) is 11.1 Å². The fourth-order valence-electron chi connectivity index (χ4n) is 3.79. The Morgan fingerprint density at radius 1 is 1.33 bits per heavy atom. The summed E-state index contributed by atoms with van der Waals surface area (Å²) in [6, 6.07) is 8.70. The second-order valence-electron chi connectivity index (χ2n) is 6.86. The average molecular weight is 286 g/mol. The number of rotatable bonds is 3. The molecule has 1 aliphatic carbocycles. The standard InChI is InChI=1S/C18H26N2O/c1-12-7-8-20(14(9-12)11-19)18(21)17-10-16(17)15-6-4-3-5-13(15)2/h3-6,12,14,16-17H,7-11,19H2,1-2H3. The number of nitrogens with zero attached hydrogens (tertiary/aromatic N) is 1. The smallest absolute Gasteiger partial charge is 0.226 e. The van der Waals surface area contributed by atoms with Crippen LogP contribution < -0.4 is 5.73 Å². The van der Waals surface area contributed by atoms with E-state index in [0.29, 0.717) is 24.3 Å². The van der Waals surface area contributed by atoms with Crippen molar-refractivity contribution < 1.29 is 4.79 Å². The number of aryl methyl sites for hydroxylation is 1. The van der Waals surface area contributed by atoms with Crippen LogP contribution in [0.2, 0.25) is 0 Å². The largest absolute Gasteiger partial charge is 0.338 e. The van der Waals surface area contributed by atoms with E-state index in [1.54, 1.807) is 0 Å². The predicted molar refractivity (Wildman–Crippen MR) is 85.0 cm³/mol. The van der Waals surface area contributed by atoms with E-state index in [4.69, 9.17) is 5.73 Å². The zero-order chi connectivity index (χ0) is 15.0. The molecule has 1 heterocycles. The second kappa shape index (κ2) is 5.80. The van der Waals surface area contributed by atoms with E-state index < -0.39 is 0 Å². The maximum Gasteiger partial charge on any atom is 0.226 e. The molecule has 3 rings (SSSR count). The molecule has 0 aromatic heterocycles. The fourth-order valence-corrected chi connectivity index (χ4v) is 3.79. The monoisotopic (exact) mass is 286 g/mol. The summed E-state index contributed by atoms with van der Waals surface area (Å²) in [7, 11) is 0. The molecule has 114 valence electrons. The molecule has 3 heteroatoms. The minimum atomic E-state index is 0.188. The van der Waals surface area contributed by atoms with Crippen LogP contribution >= 0.6 is 0 Å². The van der Waals surface area contributed by atoms with Crippen molar-refractivity contribution in [3.05, 3.63) is 35.4 Å². The summed E-state index contributed by atoms with van der Waals surface area (Å²) in [4.78, 5) is 14.9. The van der Waals surface area contributed by atoms with Gasteiger partial charge < -0.3 is 10.6 Å². The molecule has 1 amide bonds. The molecule has 0 bridgehead atoms. The lowest BCUT2D eigenvalue weighted by Gasteiger charge is -2.38. The summed E-state index contributed by atoms with van der Waals surface area (Å²) in [6.45, 7) is 5.88. The van der Waals surface area contributed by atoms with E-state index in [2.05, 4.69) is 43.0 Å². The molecule has 3 nitrogen and oxygen atoms in total. The van der Waals surface area contributed by atoms with Crippen molar-refractivity contribution >= 4 is 5.91 Å². The minimum absolute atomic E-state index is 0.188. The zero-order valence-electron chi connectivity index (χ0n) is 13.1. The first kappa shape index (κ1) is 14.6. The van der Waals surface area contributed by atoms with Crippen molar-refractivity contribution in [3.8, 4) is 0 Å². The Morgan fingerprint density at radius 3 is 2.81 bits per heavy atom. The number of hydrogen-bond donors (Lipinski definition) is 1. The summed E-state index contributed by atoms with van der Waals surface area (Å²) in [5.74, 6) is 1.64. The van der Waals surface area contributed by atoms with Gasteiger partial charge in [0.15, 0.2) is 0 Å². The summed E-state index contributed by atoms with van der Waals surface area (Å²) in [5.41, 5.74) is 8.55. The van der Waals surface area contributed by atoms with Gasteiger partial charge in [0.1, 0.15) is 0 Å². The molecule has 21 heavy (non-hydrogen) atoms. The van der Waals surface area contributed by atoms with Gasteiger partial charge in [-0.25, -0.2) is 0 Å². The van der Waals surface area contributed by atoms with Crippen LogP contribution in [-0.2, 0) is 4.79 Å². The molecule has 2 N–H and O–H groups in total. The maximum atomic E-state index is 12.8. The molecule has 1 aliphatic heterocycles. The van der Waals surface area contributed by atoms with E-state index in [9.17, 15) is 4.79 Å². The Hall–Kier alpha value is -1.35. The quantitative estimate of drug-likeness (QED) is 0.928. The van der Waals surface area contributed by atoms with Crippen LogP contribution in [0, 0.1) is 18.8 Å². The van der Waals surface area contributed by atoms with Gasteiger partial charge in [0, 0.05) is 25.0 Å². The molecule has 0 spiro atoms. The molecule has 1 saturated heterocycles. The third-order valence-electron chi connectivity index (χ3n) is 5.23. The lowest BCUT2D eigenvalue weighted by atomic mass is 9.92. The summed E-state index contributed by atoms with van der Waals surface area (Å²) in [5, 5.41) is 0. The van der Waals surface area contributed by atoms with Crippen molar-refractivity contribution in [3.63, 3.8) is 0 Å². The number of piperidine rings is 1. The maximum absolute atomic E-state index is 12.8. The van der Waals surface area contributed by atoms with Gasteiger partial charge in [0.05, 0.1) is 0 Å². The Bertz CT molecular complexity index is 528. The van der Waals surface area contributed by atoms with Gasteiger partial charge in [-0.2, -0.15) is 0 Å². The molecule has 1 aromatic carbocycles. The molecule has 4 atom stereocenters. The van der Waals surface area contributed by atoms with Gasteiger partial charge in [0.25, 0.3) is 0 Å². The number of hydrogen-bond acceptors (Lipinski definition) is 2. The number of benzene rings is 1. The molecule has 1 saturated carbocycles. The van der Waals surface area contributed by atoms with Gasteiger partial charge in [0.2, 0.25) is 5.91 Å². The van der Waals surface area contributed by atoms with Gasteiger partial charge in [-0.15, -0.1) is 0 Å². The molecule has 4 unspecified atom stereocenters. The Labute approximate surface area is 127 Å². The first-order valence-corrected chi connectivity index (χ1v) is 8.18. The summed E-state index contributed by atoms with van der Waals surface area (Å²) < 4.78 is 0. The summed E-state index contributed by atoms with van der Waals surface area (Å²) in [6.07, 6.45) is 3.18. The highest BCUT2D eigenvalue weighted by Gasteiger charge is 2.47. The number of carbonyl (C=O) groups excluding carboxylic acids is 1. The third kappa shape index (κ3) is 2.84. The SMILES string of the molecule is Cc1ccccc1C1CC1C(=O)N1CCC(C)CC1CN. The van der Waals surface area contributed by atoms with Gasteiger partial charge in [-0.1, -0.05) is 31.2 Å². The number of carbonyl (C=O) groups is 1. The lowest BCUT2D eigenvalue weighted by Crippen LogP contribution is -2.49. The van der Waals surface area contributed by atoms with Crippen molar-refractivity contribution in [2.24, 2.45) is 17.6 Å². The van der Waals surface area contributed by atoms with Crippen molar-refractivity contribution in [1.29, 1.82) is 0 Å². The second-order valence-corrected chi connectivity index (χ2v) is 6.86. The number of amides is 1. The summed E-state index contributed by atoms with van der Waals surface area (Å²) >= 11 is 0. The molecule has 2 fully saturated rings. The Kier molecular flexibility index (Phi) is 4.03. The normalized spacial score (nSPS) is 32.0. The molecule has 0 radical (unpaired) electrons. The van der Waals surface area contributed by atoms with Crippen LogP contribution in [0.3, 0.4) is 0 Å². The van der Waals surface area contributed by atoms with Crippen molar-refractivity contribution in [1.82, 2.24) is 4.90 Å². The van der Waals surface area contributed by atoms with Crippen molar-refractivity contribution in [2.75, 3.05) is 13.1 Å². The van der Waals surface area contributed by atoms with E-state index in [-0.39, 0.29) is 12.0 Å². The van der Waals surface area contributed by atoms with Crippen LogP contribution in [0.15, 0.2) is 24.3 Å². The lowest BCUT2D eigenvalue weighted by molar-refractivity contribution is -0.136. The van der Waals surface area contributed by atoms with Crippen LogP contribution in [0.1, 0.15) is 43.2 Å². The topological polar surface area (TPSA) is 46.3 Å². The van der Waals surface area contributed by atoms with E-state index in [0.717, 1.165) is 25.8 Å². The molecule has 1 aromatic rings. The van der Waals surface area contributed by atoms with E-state index >= 15 is 0 Å². The van der Waals surface area contributed by atoms with Gasteiger partial charge in [-0.05, 0) is 49.1 Å². The fraction of sp³-hybridized carbons (Fsp3) is 0.611. The Balaban J connectivity index is 1.69. The highest BCUT2D eigenvalue weighted by Crippen LogP contribution is 2.50. The number of likely N-dealkylation sites (tertiary alicyclic amines) is 1. The van der Waals surface area contributed by atoms with Crippen LogP contribution in [0.4, 0.5) is 0 Å². The average Bonchev–Trinajstić information content (AvgIpc) is 3.27. The van der Waals surface area contributed by atoms with Gasteiger partial charge in [-0.3, -0.25) is 4.79 Å². The first-order valence-electron chi connectivity index (χ1n) is 8.18. The molecule has 2 aliphatic rings. The first-order chi connectivity index (χ1) is 10.1. The zero-order valence-corrected chi connectivity index (χ0v) is 13.1. The minimum Gasteiger partial charge on any atom is -0.338 e. The van der Waals surface area contributed by atoms with Crippen LogP contribution in [0.5, 0.6) is 0 Å². The third-order valence-corrected chi connectivity index (χ3v) is 5.23. The Morgan fingerprint density at radius 2 is 2.10 bits per heavy atom. The van der Waals surface area contributed by atoms with Crippen LogP contribution in [-0.4, -0.2) is 29.9 Å².